The number of para-hydroxylation sites is 4. The van der Waals surface area contributed by atoms with Gasteiger partial charge in [-0.3, -0.25) is 4.57 Å². The number of aromatic nitrogens is 5. The summed E-state index contributed by atoms with van der Waals surface area (Å²) in [6, 6.07) is 89.2. The van der Waals surface area contributed by atoms with Gasteiger partial charge < -0.3 is 9.13 Å². The third kappa shape index (κ3) is 6.32. The van der Waals surface area contributed by atoms with Gasteiger partial charge in [-0.2, -0.15) is 0 Å². The van der Waals surface area contributed by atoms with E-state index in [2.05, 4.69) is 256 Å². The smallest absolute Gasteiger partial charge is 0.235 e. The number of benzene rings is 10. The van der Waals surface area contributed by atoms with Crippen molar-refractivity contribution < 1.29 is 0 Å². The van der Waals surface area contributed by atoms with Gasteiger partial charge in [0.1, 0.15) is 0 Å². The Morgan fingerprint density at radius 2 is 0.580 bits per heavy atom. The van der Waals surface area contributed by atoms with Crippen molar-refractivity contribution >= 4 is 65.4 Å². The monoisotopic (exact) mass is 879 g/mol. The van der Waals surface area contributed by atoms with Crippen molar-refractivity contribution in [3.8, 4) is 62.1 Å². The number of nitrogens with zero attached hydrogens (tertiary/aromatic N) is 5. The van der Waals surface area contributed by atoms with Crippen molar-refractivity contribution in [1.29, 1.82) is 0 Å². The Balaban J connectivity index is 1.00. The second-order valence-electron chi connectivity index (χ2n) is 17.8. The van der Waals surface area contributed by atoms with Gasteiger partial charge >= 0.3 is 0 Å². The van der Waals surface area contributed by atoms with Crippen LogP contribution in [0.1, 0.15) is 0 Å². The van der Waals surface area contributed by atoms with E-state index in [4.69, 9.17) is 9.97 Å². The Hall–Kier alpha value is -9.32. The third-order valence-corrected chi connectivity index (χ3v) is 13.9. The topological polar surface area (TPSA) is 40.6 Å². The number of hydrogen-bond donors (Lipinski definition) is 0. The predicted octanol–water partition coefficient (Wildman–Crippen LogP) is 16.4. The Bertz CT molecular complexity index is 4220. The lowest BCUT2D eigenvalue weighted by molar-refractivity contribution is 0.995. The molecule has 322 valence electrons. The Kier molecular flexibility index (Phi) is 8.83. The second-order valence-corrected chi connectivity index (χ2v) is 17.8. The summed E-state index contributed by atoms with van der Waals surface area (Å²) in [6.45, 7) is 0. The molecule has 0 amide bonds. The van der Waals surface area contributed by atoms with E-state index in [9.17, 15) is 0 Å². The van der Waals surface area contributed by atoms with Gasteiger partial charge in [0, 0.05) is 54.8 Å². The molecule has 10 aromatic carbocycles. The van der Waals surface area contributed by atoms with Gasteiger partial charge in [-0.25, -0.2) is 9.97 Å². The minimum atomic E-state index is 0.617. The standard InChI is InChI=1S/C64H41N5/c1-4-16-42(17-5-1)43-28-30-45(31-29-43)57-41-56(44-18-6-2-7-19-44)65-64(66-57)69-62-36-33-47(46-32-35-61-53(38-46)52-24-12-15-27-60(52)67(61)48-20-8-3-9-21-48)39-54(62)55-40-49(34-37-63(55)69)68-58-25-13-10-22-50(58)51-23-11-14-26-59(51)68/h1-41H. The molecule has 0 aliphatic heterocycles. The van der Waals surface area contributed by atoms with Crippen LogP contribution in [0.2, 0.25) is 0 Å². The molecule has 5 nitrogen and oxygen atoms in total. The molecule has 69 heavy (non-hydrogen) atoms. The lowest BCUT2D eigenvalue weighted by Crippen LogP contribution is -2.04. The zero-order valence-electron chi connectivity index (χ0n) is 37.4. The van der Waals surface area contributed by atoms with Crippen LogP contribution in [0, 0.1) is 0 Å². The summed E-state index contributed by atoms with van der Waals surface area (Å²) in [4.78, 5) is 10.9. The first-order chi connectivity index (χ1) is 34.2. The number of fused-ring (bicyclic) bond motifs is 9. The number of hydrogen-bond acceptors (Lipinski definition) is 2. The van der Waals surface area contributed by atoms with Gasteiger partial charge in [0.15, 0.2) is 0 Å². The molecule has 0 aliphatic carbocycles. The van der Waals surface area contributed by atoms with E-state index >= 15 is 0 Å². The molecule has 4 aromatic heterocycles. The first-order valence-electron chi connectivity index (χ1n) is 23.5. The molecule has 14 rings (SSSR count). The Labute approximate surface area is 398 Å². The maximum atomic E-state index is 5.44. The Morgan fingerprint density at radius 1 is 0.217 bits per heavy atom. The minimum absolute atomic E-state index is 0.617. The molecule has 0 bridgehead atoms. The van der Waals surface area contributed by atoms with Gasteiger partial charge in [-0.15, -0.1) is 0 Å². The average Bonchev–Trinajstić information content (AvgIpc) is 4.06. The summed E-state index contributed by atoms with van der Waals surface area (Å²) in [5, 5.41) is 7.16. The molecule has 0 atom stereocenters. The maximum absolute atomic E-state index is 5.44. The SMILES string of the molecule is c1ccc(-c2ccc(-c3cc(-c4ccccc4)nc(-n4c5ccc(-c6ccc7c(c6)c6ccccc6n7-c6ccccc6)cc5c5cc(-n6c7ccccc7c7ccccc76)ccc54)n3)cc2)cc1. The summed E-state index contributed by atoms with van der Waals surface area (Å²) in [5.74, 6) is 0.617. The van der Waals surface area contributed by atoms with E-state index in [1.807, 2.05) is 6.07 Å². The van der Waals surface area contributed by atoms with E-state index in [-0.39, 0.29) is 0 Å². The fourth-order valence-corrected chi connectivity index (χ4v) is 10.7. The van der Waals surface area contributed by atoms with Crippen LogP contribution in [0.25, 0.3) is 128 Å². The average molecular weight is 880 g/mol. The van der Waals surface area contributed by atoms with E-state index in [1.54, 1.807) is 0 Å². The van der Waals surface area contributed by atoms with Crippen molar-refractivity contribution in [2.24, 2.45) is 0 Å². The van der Waals surface area contributed by atoms with Crippen LogP contribution in [0.5, 0.6) is 0 Å². The molecule has 0 spiro atoms. The summed E-state index contributed by atoms with van der Waals surface area (Å²) >= 11 is 0. The van der Waals surface area contributed by atoms with Gasteiger partial charge in [-0.05, 0) is 101 Å². The fourth-order valence-electron chi connectivity index (χ4n) is 10.7. The van der Waals surface area contributed by atoms with Gasteiger partial charge in [0.2, 0.25) is 5.95 Å². The van der Waals surface area contributed by atoms with E-state index in [1.165, 1.54) is 49.2 Å². The predicted molar refractivity (Wildman–Crippen MR) is 287 cm³/mol. The highest BCUT2D eigenvalue weighted by atomic mass is 15.2. The van der Waals surface area contributed by atoms with Crippen molar-refractivity contribution in [2.45, 2.75) is 0 Å². The lowest BCUT2D eigenvalue weighted by Gasteiger charge is -2.13. The van der Waals surface area contributed by atoms with Crippen molar-refractivity contribution in [1.82, 2.24) is 23.7 Å². The van der Waals surface area contributed by atoms with Gasteiger partial charge in [0.05, 0.1) is 44.5 Å². The maximum Gasteiger partial charge on any atom is 0.235 e. The molecule has 5 heteroatoms. The minimum Gasteiger partial charge on any atom is -0.309 e. The molecule has 0 fully saturated rings. The zero-order valence-corrected chi connectivity index (χ0v) is 37.4. The molecule has 14 aromatic rings. The van der Waals surface area contributed by atoms with Crippen LogP contribution < -0.4 is 0 Å². The highest BCUT2D eigenvalue weighted by Crippen LogP contribution is 2.41. The fraction of sp³-hybridized carbons (Fsp3) is 0. The van der Waals surface area contributed by atoms with Gasteiger partial charge in [-0.1, -0.05) is 170 Å². The van der Waals surface area contributed by atoms with Crippen LogP contribution >= 0.6 is 0 Å². The summed E-state index contributed by atoms with van der Waals surface area (Å²) < 4.78 is 7.03. The molecule has 4 heterocycles. The molecule has 0 radical (unpaired) electrons. The van der Waals surface area contributed by atoms with E-state index in [0.29, 0.717) is 5.95 Å². The zero-order chi connectivity index (χ0) is 45.4. The first kappa shape index (κ1) is 38.9. The van der Waals surface area contributed by atoms with Gasteiger partial charge in [0.25, 0.3) is 0 Å². The molecule has 0 unspecified atom stereocenters. The van der Waals surface area contributed by atoms with Crippen molar-refractivity contribution in [2.75, 3.05) is 0 Å². The number of rotatable bonds is 7. The van der Waals surface area contributed by atoms with Crippen LogP contribution in [-0.2, 0) is 0 Å². The molecule has 0 saturated carbocycles. The van der Waals surface area contributed by atoms with Crippen LogP contribution in [0.3, 0.4) is 0 Å². The largest absolute Gasteiger partial charge is 0.309 e. The third-order valence-electron chi connectivity index (χ3n) is 13.9. The molecule has 0 saturated heterocycles. The normalized spacial score (nSPS) is 11.8. The highest BCUT2D eigenvalue weighted by molar-refractivity contribution is 6.14. The van der Waals surface area contributed by atoms with Crippen LogP contribution in [0.15, 0.2) is 249 Å². The van der Waals surface area contributed by atoms with Crippen LogP contribution in [-0.4, -0.2) is 23.7 Å². The first-order valence-corrected chi connectivity index (χ1v) is 23.5. The quantitative estimate of drug-likeness (QED) is 0.160. The summed E-state index contributed by atoms with van der Waals surface area (Å²) in [5.41, 5.74) is 17.4. The second kappa shape index (κ2) is 15.7. The summed E-state index contributed by atoms with van der Waals surface area (Å²) in [6.07, 6.45) is 0. The molecule has 0 aliphatic rings. The van der Waals surface area contributed by atoms with E-state index < -0.39 is 0 Å². The van der Waals surface area contributed by atoms with E-state index in [0.717, 1.165) is 72.4 Å². The highest BCUT2D eigenvalue weighted by Gasteiger charge is 2.21. The van der Waals surface area contributed by atoms with Crippen molar-refractivity contribution in [3.63, 3.8) is 0 Å². The molecule has 0 N–H and O–H groups in total. The molecular formula is C64H41N5. The summed E-state index contributed by atoms with van der Waals surface area (Å²) in [7, 11) is 0. The lowest BCUT2D eigenvalue weighted by atomic mass is 10.0. The van der Waals surface area contributed by atoms with Crippen molar-refractivity contribution in [3.05, 3.63) is 249 Å². The molecular weight excluding hydrogens is 839 g/mol. The Morgan fingerprint density at radius 3 is 1.16 bits per heavy atom. The van der Waals surface area contributed by atoms with Crippen LogP contribution in [0.4, 0.5) is 0 Å².